The van der Waals surface area contributed by atoms with Gasteiger partial charge in [0.25, 0.3) is 0 Å². The summed E-state index contributed by atoms with van der Waals surface area (Å²) in [5.41, 5.74) is 5.15. The maximum atomic E-state index is 5.55. The number of ether oxygens (including phenoxy) is 3. The van der Waals surface area contributed by atoms with Crippen molar-refractivity contribution < 1.29 is 14.2 Å². The monoisotopic (exact) mass is 475 g/mol. The van der Waals surface area contributed by atoms with Crippen molar-refractivity contribution in [1.29, 1.82) is 0 Å². The summed E-state index contributed by atoms with van der Waals surface area (Å²) in [5.74, 6) is 8.96. The molecule has 0 spiro atoms. The van der Waals surface area contributed by atoms with Crippen LogP contribution in [0, 0.1) is 56.9 Å². The Morgan fingerprint density at radius 3 is 1.11 bits per heavy atom. The maximum absolute atomic E-state index is 5.55. The second-order valence-electron chi connectivity index (χ2n) is 8.01. The van der Waals surface area contributed by atoms with Crippen LogP contribution in [0.2, 0.25) is 0 Å². The molecule has 35 heavy (non-hydrogen) atoms. The quantitative estimate of drug-likeness (QED) is 0.273. The Balaban J connectivity index is 1.67. The Bertz CT molecular complexity index is 1160. The molecule has 3 rings (SSSR count). The third kappa shape index (κ3) is 8.35. The smallest absolute Gasteiger partial charge is 0.372 e. The Labute approximate surface area is 212 Å². The minimum Gasteiger partial charge on any atom is -0.372 e. The van der Waals surface area contributed by atoms with E-state index in [2.05, 4.69) is 46.3 Å². The van der Waals surface area contributed by atoms with Gasteiger partial charge in [0.1, 0.15) is 18.3 Å². The van der Waals surface area contributed by atoms with Gasteiger partial charge in [0.05, 0.1) is 0 Å². The maximum Gasteiger partial charge on any atom is 0.395 e. The number of aryl methyl sites for hydroxylation is 3. The standard InChI is InChI=1S/C31H27O3Si/c1-25-13-4-7-16-28(25)19-10-22-32-31(35,33-23-11-20-29-17-8-5-14-26(29)2)34-24-12-21-30-18-9-6-15-27(30)3/h4-9,13-18H,19-21H2,1-3H3. The number of hydrogen-bond acceptors (Lipinski definition) is 3. The van der Waals surface area contributed by atoms with E-state index in [9.17, 15) is 0 Å². The molecule has 3 aromatic rings. The fourth-order valence-electron chi connectivity index (χ4n) is 3.19. The second kappa shape index (κ2) is 13.0. The van der Waals surface area contributed by atoms with Gasteiger partial charge in [0.2, 0.25) is 10.2 Å². The van der Waals surface area contributed by atoms with Crippen molar-refractivity contribution in [2.24, 2.45) is 0 Å². The Morgan fingerprint density at radius 2 is 0.829 bits per heavy atom. The molecule has 4 heteroatoms. The third-order valence-electron chi connectivity index (χ3n) is 5.39. The van der Waals surface area contributed by atoms with E-state index < -0.39 is 5.60 Å². The first-order valence-corrected chi connectivity index (χ1v) is 11.8. The zero-order valence-electron chi connectivity index (χ0n) is 20.3. The molecule has 0 bridgehead atoms. The van der Waals surface area contributed by atoms with Crippen LogP contribution in [0.3, 0.4) is 0 Å². The summed E-state index contributed by atoms with van der Waals surface area (Å²) in [6.45, 7) is 6.14. The fourth-order valence-corrected chi connectivity index (χ4v) is 3.34. The Hall–Kier alpha value is -4.04. The molecule has 0 fully saturated rings. The lowest BCUT2D eigenvalue weighted by Gasteiger charge is -2.21. The lowest BCUT2D eigenvalue weighted by atomic mass is 10.1. The van der Waals surface area contributed by atoms with Gasteiger partial charge in [-0.1, -0.05) is 90.6 Å². The molecule has 0 heterocycles. The van der Waals surface area contributed by atoms with Crippen molar-refractivity contribution in [2.75, 3.05) is 0 Å². The summed E-state index contributed by atoms with van der Waals surface area (Å²) in [5, 5.41) is 0. The van der Waals surface area contributed by atoms with E-state index in [1.807, 2.05) is 93.6 Å². The molecule has 3 radical (unpaired) electrons. The van der Waals surface area contributed by atoms with E-state index in [0.29, 0.717) is 19.3 Å². The predicted octanol–water partition coefficient (Wildman–Crippen LogP) is 5.35. The van der Waals surface area contributed by atoms with Crippen molar-refractivity contribution in [3.05, 3.63) is 106 Å². The van der Waals surface area contributed by atoms with Gasteiger partial charge < -0.3 is 14.2 Å². The summed E-state index contributed by atoms with van der Waals surface area (Å²) < 4.78 is 16.6. The van der Waals surface area contributed by atoms with E-state index in [1.165, 1.54) is 16.7 Å². The van der Waals surface area contributed by atoms with Crippen molar-refractivity contribution >= 4 is 10.2 Å². The fraction of sp³-hybridized carbons (Fsp3) is 0.226. The average molecular weight is 476 g/mol. The highest BCUT2D eigenvalue weighted by Crippen LogP contribution is 2.12. The van der Waals surface area contributed by atoms with E-state index in [0.717, 1.165) is 16.7 Å². The summed E-state index contributed by atoms with van der Waals surface area (Å²) in [6.07, 6.45) is 9.56. The highest BCUT2D eigenvalue weighted by atomic mass is 28.1. The lowest BCUT2D eigenvalue weighted by molar-refractivity contribution is -0.233. The molecule has 0 saturated heterocycles. The van der Waals surface area contributed by atoms with Gasteiger partial charge in [0, 0.05) is 19.3 Å². The summed E-state index contributed by atoms with van der Waals surface area (Å²) in [4.78, 5) is 0. The first kappa shape index (κ1) is 25.6. The van der Waals surface area contributed by atoms with E-state index in [-0.39, 0.29) is 0 Å². The van der Waals surface area contributed by atoms with Crippen LogP contribution >= 0.6 is 0 Å². The van der Waals surface area contributed by atoms with Crippen molar-refractivity contribution in [3.8, 4) is 36.1 Å². The van der Waals surface area contributed by atoms with Gasteiger partial charge in [-0.2, -0.15) is 0 Å². The first-order chi connectivity index (χ1) is 17.0. The van der Waals surface area contributed by atoms with Crippen LogP contribution in [0.4, 0.5) is 0 Å². The summed E-state index contributed by atoms with van der Waals surface area (Å²) in [6, 6.07) is 24.2. The molecule has 0 aliphatic carbocycles. The SMILES string of the molecule is Cc1ccccc1CC#COC([Si])(OC#CCc1ccccc1C)OC#CCc1ccccc1C. The van der Waals surface area contributed by atoms with Crippen LogP contribution in [0.25, 0.3) is 0 Å². The minimum absolute atomic E-state index is 0.535. The second-order valence-corrected chi connectivity index (χ2v) is 8.62. The van der Waals surface area contributed by atoms with Gasteiger partial charge in [0.15, 0.2) is 0 Å². The zero-order chi connectivity index (χ0) is 24.9. The number of hydrogen-bond donors (Lipinski definition) is 0. The molecular formula is C31H27O3Si. The minimum atomic E-state index is -1.74. The van der Waals surface area contributed by atoms with Gasteiger partial charge in [-0.15, -0.1) is 0 Å². The number of rotatable bonds is 6. The molecular weight excluding hydrogens is 448 g/mol. The van der Waals surface area contributed by atoms with Gasteiger partial charge in [-0.25, -0.2) is 0 Å². The van der Waals surface area contributed by atoms with E-state index in [1.54, 1.807) is 0 Å². The average Bonchev–Trinajstić information content (AvgIpc) is 2.85. The molecule has 173 valence electrons. The highest BCUT2D eigenvalue weighted by molar-refractivity contribution is 6.12. The molecule has 0 aliphatic rings. The Morgan fingerprint density at radius 1 is 0.543 bits per heavy atom. The normalized spacial score (nSPS) is 9.94. The van der Waals surface area contributed by atoms with Crippen LogP contribution in [0.1, 0.15) is 33.4 Å². The van der Waals surface area contributed by atoms with Crippen LogP contribution in [0.15, 0.2) is 72.8 Å². The Kier molecular flexibility index (Phi) is 9.50. The molecule has 0 unspecified atom stereocenters. The molecule has 0 saturated carbocycles. The predicted molar refractivity (Wildman–Crippen MR) is 140 cm³/mol. The molecule has 0 aliphatic heterocycles. The van der Waals surface area contributed by atoms with Gasteiger partial charge in [-0.05, 0) is 54.2 Å². The van der Waals surface area contributed by atoms with Crippen LogP contribution in [-0.2, 0) is 33.5 Å². The first-order valence-electron chi connectivity index (χ1n) is 11.3. The number of benzene rings is 3. The summed E-state index contributed by atoms with van der Waals surface area (Å²) in [7, 11) is 3.38. The van der Waals surface area contributed by atoms with Crippen molar-refractivity contribution in [3.63, 3.8) is 0 Å². The largest absolute Gasteiger partial charge is 0.395 e. The highest BCUT2D eigenvalue weighted by Gasteiger charge is 2.29. The van der Waals surface area contributed by atoms with Gasteiger partial charge >= 0.3 is 5.60 Å². The topological polar surface area (TPSA) is 27.7 Å². The van der Waals surface area contributed by atoms with Gasteiger partial charge in [-0.3, -0.25) is 0 Å². The van der Waals surface area contributed by atoms with E-state index >= 15 is 0 Å². The van der Waals surface area contributed by atoms with Crippen molar-refractivity contribution in [2.45, 2.75) is 45.6 Å². The molecule has 0 amide bonds. The molecule has 0 N–H and O–H groups in total. The van der Waals surface area contributed by atoms with Crippen LogP contribution < -0.4 is 0 Å². The molecule has 0 atom stereocenters. The van der Waals surface area contributed by atoms with Crippen molar-refractivity contribution in [1.82, 2.24) is 0 Å². The third-order valence-corrected chi connectivity index (χ3v) is 5.70. The van der Waals surface area contributed by atoms with E-state index in [4.69, 9.17) is 14.2 Å². The lowest BCUT2D eigenvalue weighted by Crippen LogP contribution is -2.35. The molecule has 0 aromatic heterocycles. The summed E-state index contributed by atoms with van der Waals surface area (Å²) >= 11 is 0. The van der Waals surface area contributed by atoms with Crippen LogP contribution in [-0.4, -0.2) is 15.8 Å². The zero-order valence-corrected chi connectivity index (χ0v) is 21.3. The molecule has 3 aromatic carbocycles. The molecule has 3 nitrogen and oxygen atoms in total. The van der Waals surface area contributed by atoms with Crippen LogP contribution in [0.5, 0.6) is 0 Å².